The van der Waals surface area contributed by atoms with Crippen LogP contribution in [0.5, 0.6) is 11.5 Å². The summed E-state index contributed by atoms with van der Waals surface area (Å²) in [7, 11) is 0. The lowest BCUT2D eigenvalue weighted by molar-refractivity contribution is 0.0697. The van der Waals surface area contributed by atoms with Crippen molar-refractivity contribution in [3.63, 3.8) is 0 Å². The molecular weight excluding hydrogens is 376 g/mol. The largest absolute Gasteiger partial charge is 0.478 e. The molecule has 2 N–H and O–H groups in total. The van der Waals surface area contributed by atoms with Gasteiger partial charge in [0.15, 0.2) is 5.75 Å². The van der Waals surface area contributed by atoms with Gasteiger partial charge in [-0.2, -0.15) is 0 Å². The first kappa shape index (κ1) is 17.8. The first-order valence-electron chi connectivity index (χ1n) is 8.52. The van der Waals surface area contributed by atoms with Crippen molar-refractivity contribution in [2.45, 2.75) is 0 Å². The molecule has 0 amide bonds. The van der Waals surface area contributed by atoms with Gasteiger partial charge >= 0.3 is 5.97 Å². The van der Waals surface area contributed by atoms with Crippen LogP contribution in [0.3, 0.4) is 0 Å². The molecule has 3 aromatic carbocycles. The fourth-order valence-corrected chi connectivity index (χ4v) is 3.14. The molecule has 4 aromatic rings. The number of nitrogens with zero attached hydrogens (tertiary/aromatic N) is 1. The number of fused-ring (bicyclic) bond motifs is 1. The molecule has 0 spiro atoms. The van der Waals surface area contributed by atoms with Crippen LogP contribution in [0, 0.1) is 0 Å². The predicted octanol–water partition coefficient (Wildman–Crippen LogP) is 6.12. The third kappa shape index (κ3) is 3.61. The van der Waals surface area contributed by atoms with Crippen LogP contribution in [-0.4, -0.2) is 16.1 Å². The van der Waals surface area contributed by atoms with Gasteiger partial charge in [-0.1, -0.05) is 35.9 Å². The number of pyridine rings is 1. The molecular formula is C22H15ClN2O3. The molecule has 0 bridgehead atoms. The molecule has 138 valence electrons. The highest BCUT2D eigenvalue weighted by Gasteiger charge is 2.13. The average Bonchev–Trinajstić information content (AvgIpc) is 2.71. The van der Waals surface area contributed by atoms with Gasteiger partial charge in [0.25, 0.3) is 0 Å². The molecule has 0 atom stereocenters. The monoisotopic (exact) mass is 390 g/mol. The van der Waals surface area contributed by atoms with Crippen LogP contribution in [0.4, 0.5) is 11.4 Å². The summed E-state index contributed by atoms with van der Waals surface area (Å²) in [4.78, 5) is 15.7. The van der Waals surface area contributed by atoms with Crippen molar-refractivity contribution in [3.05, 3.63) is 89.6 Å². The summed E-state index contributed by atoms with van der Waals surface area (Å²) in [5, 5.41) is 13.6. The Morgan fingerprint density at radius 1 is 1.00 bits per heavy atom. The summed E-state index contributed by atoms with van der Waals surface area (Å²) in [6.07, 6.45) is 1.65. The number of carboxylic acid groups (broad SMARTS) is 1. The molecule has 0 saturated carbocycles. The van der Waals surface area contributed by atoms with E-state index < -0.39 is 5.97 Å². The maximum Gasteiger partial charge on any atom is 0.335 e. The molecule has 0 saturated heterocycles. The molecule has 0 unspecified atom stereocenters. The number of para-hydroxylation sites is 1. The normalized spacial score (nSPS) is 10.6. The highest BCUT2D eigenvalue weighted by molar-refractivity contribution is 6.36. The van der Waals surface area contributed by atoms with Gasteiger partial charge in [0.2, 0.25) is 0 Å². The number of hydrogen-bond acceptors (Lipinski definition) is 4. The smallest absolute Gasteiger partial charge is 0.335 e. The van der Waals surface area contributed by atoms with Crippen molar-refractivity contribution in [2.24, 2.45) is 0 Å². The fourth-order valence-electron chi connectivity index (χ4n) is 2.89. The molecule has 0 aliphatic carbocycles. The van der Waals surface area contributed by atoms with Crippen LogP contribution in [0.1, 0.15) is 10.4 Å². The number of carbonyl (C=O) groups is 1. The zero-order valence-electron chi connectivity index (χ0n) is 14.6. The molecule has 1 heterocycles. The maximum atomic E-state index is 11.2. The Labute approximate surface area is 166 Å². The second kappa shape index (κ2) is 7.58. The number of nitrogens with one attached hydrogen (secondary N) is 1. The Morgan fingerprint density at radius 2 is 1.82 bits per heavy atom. The summed E-state index contributed by atoms with van der Waals surface area (Å²) in [5.74, 6) is 0.286. The first-order chi connectivity index (χ1) is 13.6. The SMILES string of the molecule is O=C(O)c1cccc(Nc2ccnc3c(Oc4ccccc4)ccc(Cl)c23)c1. The van der Waals surface area contributed by atoms with E-state index in [1.165, 1.54) is 6.07 Å². The third-order valence-electron chi connectivity index (χ3n) is 4.16. The van der Waals surface area contributed by atoms with Crippen LogP contribution >= 0.6 is 11.6 Å². The van der Waals surface area contributed by atoms with E-state index in [0.717, 1.165) is 0 Å². The van der Waals surface area contributed by atoms with E-state index in [9.17, 15) is 9.90 Å². The fraction of sp³-hybridized carbons (Fsp3) is 0. The predicted molar refractivity (Wildman–Crippen MR) is 110 cm³/mol. The second-order valence-electron chi connectivity index (χ2n) is 6.05. The van der Waals surface area contributed by atoms with Gasteiger partial charge in [0.05, 0.1) is 16.3 Å². The number of halogens is 1. The molecule has 5 nitrogen and oxygen atoms in total. The summed E-state index contributed by atoms with van der Waals surface area (Å²) in [6.45, 7) is 0. The Hall–Kier alpha value is -3.57. The van der Waals surface area contributed by atoms with E-state index in [0.29, 0.717) is 38.8 Å². The van der Waals surface area contributed by atoms with Gasteiger partial charge in [-0.3, -0.25) is 4.98 Å². The Morgan fingerprint density at radius 3 is 2.61 bits per heavy atom. The summed E-state index contributed by atoms with van der Waals surface area (Å²) in [6, 6.07) is 21.3. The lowest BCUT2D eigenvalue weighted by Gasteiger charge is -2.14. The number of aromatic nitrogens is 1. The minimum atomic E-state index is -0.986. The van der Waals surface area contributed by atoms with Gasteiger partial charge in [0, 0.05) is 17.3 Å². The molecule has 0 fully saturated rings. The molecule has 0 radical (unpaired) electrons. The minimum Gasteiger partial charge on any atom is -0.478 e. The molecule has 4 rings (SSSR count). The van der Waals surface area contributed by atoms with E-state index in [-0.39, 0.29) is 5.56 Å². The minimum absolute atomic E-state index is 0.197. The quantitative estimate of drug-likeness (QED) is 0.429. The molecule has 0 aliphatic rings. The van der Waals surface area contributed by atoms with E-state index >= 15 is 0 Å². The zero-order valence-corrected chi connectivity index (χ0v) is 15.4. The topological polar surface area (TPSA) is 71.5 Å². The summed E-state index contributed by atoms with van der Waals surface area (Å²) < 4.78 is 5.98. The number of benzene rings is 3. The van der Waals surface area contributed by atoms with Gasteiger partial charge < -0.3 is 15.2 Å². The summed E-state index contributed by atoms with van der Waals surface area (Å²) >= 11 is 6.46. The van der Waals surface area contributed by atoms with Crippen molar-refractivity contribution in [2.75, 3.05) is 5.32 Å². The van der Waals surface area contributed by atoms with Crippen molar-refractivity contribution >= 4 is 39.8 Å². The van der Waals surface area contributed by atoms with Gasteiger partial charge in [-0.05, 0) is 48.5 Å². The second-order valence-corrected chi connectivity index (χ2v) is 6.46. The Bertz CT molecular complexity index is 1160. The number of carboxylic acids is 1. The van der Waals surface area contributed by atoms with Crippen molar-refractivity contribution in [1.82, 2.24) is 4.98 Å². The number of rotatable bonds is 5. The van der Waals surface area contributed by atoms with Gasteiger partial charge in [-0.15, -0.1) is 0 Å². The van der Waals surface area contributed by atoms with E-state index in [1.807, 2.05) is 30.3 Å². The van der Waals surface area contributed by atoms with E-state index in [4.69, 9.17) is 16.3 Å². The third-order valence-corrected chi connectivity index (χ3v) is 4.48. The standard InChI is InChI=1S/C22H15ClN2O3/c23-17-9-10-19(28-16-7-2-1-3-8-16)21-20(17)18(11-12-24-21)25-15-6-4-5-14(13-15)22(26)27/h1-13H,(H,24,25)(H,26,27). The van der Waals surface area contributed by atoms with Crippen molar-refractivity contribution in [3.8, 4) is 11.5 Å². The van der Waals surface area contributed by atoms with Gasteiger partial charge in [0.1, 0.15) is 11.3 Å². The van der Waals surface area contributed by atoms with Crippen LogP contribution in [-0.2, 0) is 0 Å². The van der Waals surface area contributed by atoms with Crippen LogP contribution in [0.15, 0.2) is 79.0 Å². The van der Waals surface area contributed by atoms with Crippen molar-refractivity contribution < 1.29 is 14.6 Å². The van der Waals surface area contributed by atoms with Crippen molar-refractivity contribution in [1.29, 1.82) is 0 Å². The van der Waals surface area contributed by atoms with Crippen LogP contribution in [0.2, 0.25) is 5.02 Å². The Balaban J connectivity index is 1.77. The molecule has 0 aliphatic heterocycles. The lowest BCUT2D eigenvalue weighted by atomic mass is 10.1. The van der Waals surface area contributed by atoms with Crippen LogP contribution < -0.4 is 10.1 Å². The number of anilines is 2. The number of aromatic carboxylic acids is 1. The Kier molecular flexibility index (Phi) is 4.83. The maximum absolute atomic E-state index is 11.2. The molecule has 28 heavy (non-hydrogen) atoms. The van der Waals surface area contributed by atoms with Crippen LogP contribution in [0.25, 0.3) is 10.9 Å². The van der Waals surface area contributed by atoms with E-state index in [1.54, 1.807) is 42.6 Å². The number of hydrogen-bond donors (Lipinski definition) is 2. The van der Waals surface area contributed by atoms with E-state index in [2.05, 4.69) is 10.3 Å². The van der Waals surface area contributed by atoms with Gasteiger partial charge in [-0.25, -0.2) is 4.79 Å². The number of ether oxygens (including phenoxy) is 1. The average molecular weight is 391 g/mol. The highest BCUT2D eigenvalue weighted by atomic mass is 35.5. The molecule has 1 aromatic heterocycles. The highest BCUT2D eigenvalue weighted by Crippen LogP contribution is 2.37. The molecule has 6 heteroatoms. The zero-order chi connectivity index (χ0) is 19.5. The first-order valence-corrected chi connectivity index (χ1v) is 8.90. The summed E-state index contributed by atoms with van der Waals surface area (Å²) in [5.41, 5.74) is 2.15. The lowest BCUT2D eigenvalue weighted by Crippen LogP contribution is -1.99.